The monoisotopic (exact) mass is 174 g/mol. The molecule has 69 valence electrons. The van der Waals surface area contributed by atoms with Gasteiger partial charge in [-0.25, -0.2) is 0 Å². The Morgan fingerprint density at radius 1 is 1.31 bits per heavy atom. The van der Waals surface area contributed by atoms with Gasteiger partial charge in [0.2, 0.25) is 0 Å². The topological polar surface area (TPSA) is 12.4 Å². The number of hydrogen-bond donors (Lipinski definition) is 0. The van der Waals surface area contributed by atoms with E-state index in [0.717, 1.165) is 12.1 Å². The van der Waals surface area contributed by atoms with Gasteiger partial charge in [0, 0.05) is 12.8 Å². The van der Waals surface area contributed by atoms with E-state index in [1.165, 1.54) is 0 Å². The molecule has 0 N–H and O–H groups in total. The standard InChI is InChI=1S/C12H16N/c1-12(2,3)10-13-9-11-7-5-4-6-8-11/h4-9H,1,10H2,2-3H3. The molecule has 0 bridgehead atoms. The summed E-state index contributed by atoms with van der Waals surface area (Å²) in [7, 11) is 0. The Bertz CT molecular complexity index is 267. The van der Waals surface area contributed by atoms with Crippen molar-refractivity contribution in [2.75, 3.05) is 6.54 Å². The summed E-state index contributed by atoms with van der Waals surface area (Å²) >= 11 is 0. The Labute approximate surface area is 80.5 Å². The van der Waals surface area contributed by atoms with E-state index in [9.17, 15) is 0 Å². The second-order valence-corrected chi connectivity index (χ2v) is 4.04. The molecule has 1 aromatic carbocycles. The average molecular weight is 174 g/mol. The summed E-state index contributed by atoms with van der Waals surface area (Å²) in [6.07, 6.45) is 1.90. The van der Waals surface area contributed by atoms with Crippen LogP contribution in [0.5, 0.6) is 0 Å². The van der Waals surface area contributed by atoms with Crippen molar-refractivity contribution in [2.45, 2.75) is 13.8 Å². The Morgan fingerprint density at radius 3 is 2.46 bits per heavy atom. The van der Waals surface area contributed by atoms with Crippen molar-refractivity contribution in [2.24, 2.45) is 10.4 Å². The third-order valence-electron chi connectivity index (χ3n) is 1.56. The molecule has 0 aliphatic rings. The van der Waals surface area contributed by atoms with E-state index in [1.54, 1.807) is 0 Å². The molecule has 0 atom stereocenters. The van der Waals surface area contributed by atoms with E-state index in [4.69, 9.17) is 0 Å². The number of rotatable bonds is 3. The van der Waals surface area contributed by atoms with Crippen LogP contribution in [-0.4, -0.2) is 12.8 Å². The molecule has 1 aromatic rings. The van der Waals surface area contributed by atoms with Crippen LogP contribution in [0.3, 0.4) is 0 Å². The van der Waals surface area contributed by atoms with E-state index in [2.05, 4.69) is 25.8 Å². The van der Waals surface area contributed by atoms with Crippen LogP contribution in [0, 0.1) is 12.3 Å². The molecule has 0 unspecified atom stereocenters. The van der Waals surface area contributed by atoms with Crippen LogP contribution in [0.15, 0.2) is 35.3 Å². The molecule has 0 aromatic heterocycles. The Hall–Kier alpha value is -1.11. The number of hydrogen-bond acceptors (Lipinski definition) is 1. The highest BCUT2D eigenvalue weighted by Gasteiger charge is 2.07. The molecule has 0 aliphatic heterocycles. The fourth-order valence-corrected chi connectivity index (χ4v) is 0.937. The third-order valence-corrected chi connectivity index (χ3v) is 1.56. The van der Waals surface area contributed by atoms with Crippen LogP contribution in [0.25, 0.3) is 0 Å². The Balaban J connectivity index is 2.51. The summed E-state index contributed by atoms with van der Waals surface area (Å²) in [5, 5.41) is 0. The second-order valence-electron chi connectivity index (χ2n) is 4.04. The zero-order valence-electron chi connectivity index (χ0n) is 8.33. The van der Waals surface area contributed by atoms with Gasteiger partial charge >= 0.3 is 0 Å². The molecule has 0 heterocycles. The Kier molecular flexibility index (Phi) is 3.24. The van der Waals surface area contributed by atoms with Crippen molar-refractivity contribution in [3.05, 3.63) is 42.8 Å². The molecule has 0 aliphatic carbocycles. The Morgan fingerprint density at radius 2 is 1.92 bits per heavy atom. The lowest BCUT2D eigenvalue weighted by Gasteiger charge is -2.13. The molecule has 0 saturated carbocycles. The summed E-state index contributed by atoms with van der Waals surface area (Å²) < 4.78 is 0. The first-order valence-electron chi connectivity index (χ1n) is 4.48. The molecule has 1 heteroatoms. The first-order valence-corrected chi connectivity index (χ1v) is 4.48. The van der Waals surface area contributed by atoms with Gasteiger partial charge in [0.05, 0.1) is 0 Å². The first-order chi connectivity index (χ1) is 6.08. The van der Waals surface area contributed by atoms with Crippen molar-refractivity contribution in [3.63, 3.8) is 0 Å². The number of nitrogens with zero attached hydrogens (tertiary/aromatic N) is 1. The fraction of sp³-hybridized carbons (Fsp3) is 0.333. The first kappa shape index (κ1) is 9.97. The maximum absolute atomic E-state index is 4.33. The minimum absolute atomic E-state index is 0.0330. The summed E-state index contributed by atoms with van der Waals surface area (Å²) in [4.78, 5) is 4.33. The van der Waals surface area contributed by atoms with Crippen molar-refractivity contribution in [1.29, 1.82) is 0 Å². The normalized spacial score (nSPS) is 12.2. The van der Waals surface area contributed by atoms with Crippen molar-refractivity contribution in [3.8, 4) is 0 Å². The summed E-state index contributed by atoms with van der Waals surface area (Å²) in [5.74, 6) is 0. The highest BCUT2D eigenvalue weighted by molar-refractivity contribution is 5.79. The van der Waals surface area contributed by atoms with Crippen molar-refractivity contribution in [1.82, 2.24) is 0 Å². The lowest BCUT2D eigenvalue weighted by Crippen LogP contribution is -2.09. The molecular weight excluding hydrogens is 158 g/mol. The van der Waals surface area contributed by atoms with Gasteiger partial charge < -0.3 is 0 Å². The fourth-order valence-electron chi connectivity index (χ4n) is 0.937. The molecule has 1 nitrogen and oxygen atoms in total. The number of aliphatic imine (C=N–C) groups is 1. The highest BCUT2D eigenvalue weighted by atomic mass is 14.7. The predicted molar refractivity (Wildman–Crippen MR) is 58.0 cm³/mol. The highest BCUT2D eigenvalue weighted by Crippen LogP contribution is 2.11. The van der Waals surface area contributed by atoms with Crippen molar-refractivity contribution >= 4 is 6.21 Å². The van der Waals surface area contributed by atoms with Crippen molar-refractivity contribution < 1.29 is 0 Å². The quantitative estimate of drug-likeness (QED) is 0.625. The van der Waals surface area contributed by atoms with Crippen LogP contribution >= 0.6 is 0 Å². The van der Waals surface area contributed by atoms with Gasteiger partial charge in [0.25, 0.3) is 0 Å². The van der Waals surface area contributed by atoms with E-state index in [1.807, 2.05) is 36.5 Å². The lowest BCUT2D eigenvalue weighted by molar-refractivity contribution is 0.492. The maximum Gasteiger partial charge on any atom is 0.0440 e. The van der Waals surface area contributed by atoms with E-state index in [-0.39, 0.29) is 5.41 Å². The molecule has 0 saturated heterocycles. The van der Waals surface area contributed by atoms with E-state index < -0.39 is 0 Å². The van der Waals surface area contributed by atoms with Crippen LogP contribution < -0.4 is 0 Å². The SMILES string of the molecule is [CH2]C(C)(C)CN=Cc1ccccc1. The molecular formula is C12H16N. The van der Waals surface area contributed by atoms with Crippen LogP contribution in [0.2, 0.25) is 0 Å². The maximum atomic E-state index is 4.33. The largest absolute Gasteiger partial charge is 0.292 e. The zero-order chi connectivity index (χ0) is 9.73. The second kappa shape index (κ2) is 4.22. The van der Waals surface area contributed by atoms with Gasteiger partial charge in [-0.2, -0.15) is 0 Å². The van der Waals surface area contributed by atoms with E-state index in [0.29, 0.717) is 0 Å². The average Bonchev–Trinajstić information content (AvgIpc) is 2.04. The van der Waals surface area contributed by atoms with Crippen LogP contribution in [0.4, 0.5) is 0 Å². The van der Waals surface area contributed by atoms with Gasteiger partial charge in [-0.15, -0.1) is 0 Å². The molecule has 0 amide bonds. The molecule has 1 rings (SSSR count). The third kappa shape index (κ3) is 4.46. The smallest absolute Gasteiger partial charge is 0.0440 e. The minimum Gasteiger partial charge on any atom is -0.292 e. The molecule has 0 spiro atoms. The zero-order valence-corrected chi connectivity index (χ0v) is 8.33. The molecule has 0 fully saturated rings. The van der Waals surface area contributed by atoms with E-state index >= 15 is 0 Å². The van der Waals surface area contributed by atoms with Gasteiger partial charge in [-0.3, -0.25) is 4.99 Å². The van der Waals surface area contributed by atoms with Gasteiger partial charge in [-0.1, -0.05) is 44.2 Å². The lowest BCUT2D eigenvalue weighted by atomic mass is 9.97. The summed E-state index contributed by atoms with van der Waals surface area (Å²) in [6.45, 7) is 8.91. The summed E-state index contributed by atoms with van der Waals surface area (Å²) in [6, 6.07) is 10.1. The predicted octanol–water partition coefficient (Wildman–Crippen LogP) is 2.97. The summed E-state index contributed by atoms with van der Waals surface area (Å²) in [5.41, 5.74) is 1.18. The van der Waals surface area contributed by atoms with Gasteiger partial charge in [0.15, 0.2) is 0 Å². The van der Waals surface area contributed by atoms with Gasteiger partial charge in [-0.05, 0) is 17.9 Å². The van der Waals surface area contributed by atoms with Gasteiger partial charge in [0.1, 0.15) is 0 Å². The number of benzene rings is 1. The molecule has 13 heavy (non-hydrogen) atoms. The van der Waals surface area contributed by atoms with Crippen LogP contribution in [-0.2, 0) is 0 Å². The molecule has 1 radical (unpaired) electrons. The van der Waals surface area contributed by atoms with Crippen LogP contribution in [0.1, 0.15) is 19.4 Å². The minimum atomic E-state index is 0.0330.